The van der Waals surface area contributed by atoms with Crippen LogP contribution in [0.1, 0.15) is 35.7 Å². The highest BCUT2D eigenvalue weighted by Crippen LogP contribution is 2.40. The van der Waals surface area contributed by atoms with Gasteiger partial charge in [0.2, 0.25) is 5.91 Å². The lowest BCUT2D eigenvalue weighted by atomic mass is 10.0. The maximum absolute atomic E-state index is 12.8. The van der Waals surface area contributed by atoms with E-state index < -0.39 is 0 Å². The van der Waals surface area contributed by atoms with Gasteiger partial charge in [-0.15, -0.1) is 11.8 Å². The van der Waals surface area contributed by atoms with Gasteiger partial charge in [-0.1, -0.05) is 43.2 Å². The minimum atomic E-state index is -0.0524. The van der Waals surface area contributed by atoms with E-state index in [-0.39, 0.29) is 11.8 Å². The van der Waals surface area contributed by atoms with Gasteiger partial charge in [0.25, 0.3) is 5.91 Å². The second-order valence-corrected chi connectivity index (χ2v) is 8.37. The fraction of sp³-hybridized carbons (Fsp3) is 0.250. The summed E-state index contributed by atoms with van der Waals surface area (Å²) in [5.74, 6) is 0.342. The molecule has 1 N–H and O–H groups in total. The Morgan fingerprint density at radius 1 is 1.07 bits per heavy atom. The Morgan fingerprint density at radius 3 is 2.62 bits per heavy atom. The topological polar surface area (TPSA) is 49.4 Å². The van der Waals surface area contributed by atoms with Crippen LogP contribution in [0.3, 0.4) is 0 Å². The molecule has 0 aliphatic carbocycles. The Labute approximate surface area is 175 Å². The van der Waals surface area contributed by atoms with Crippen LogP contribution >= 0.6 is 11.8 Å². The number of nitrogens with one attached hydrogen (secondary N) is 1. The third-order valence-corrected chi connectivity index (χ3v) is 6.20. The monoisotopic (exact) mass is 404 g/mol. The lowest BCUT2D eigenvalue weighted by Gasteiger charge is -2.17. The number of thioether (sulfide) groups is 1. The second kappa shape index (κ2) is 8.29. The van der Waals surface area contributed by atoms with Crippen molar-refractivity contribution in [1.82, 2.24) is 0 Å². The van der Waals surface area contributed by atoms with Crippen molar-refractivity contribution >= 4 is 45.7 Å². The minimum absolute atomic E-state index is 0.0524. The number of unbranched alkanes of at least 4 members (excludes halogenated alkanes) is 1. The second-order valence-electron chi connectivity index (χ2n) is 7.32. The average Bonchev–Trinajstić information content (AvgIpc) is 3.01. The predicted molar refractivity (Wildman–Crippen MR) is 121 cm³/mol. The molecule has 148 valence electrons. The van der Waals surface area contributed by atoms with Gasteiger partial charge in [-0.05, 0) is 43.7 Å². The Kier molecular flexibility index (Phi) is 5.58. The van der Waals surface area contributed by atoms with Gasteiger partial charge in [0, 0.05) is 33.5 Å². The zero-order valence-corrected chi connectivity index (χ0v) is 17.5. The SMILES string of the molecule is CCCCN1C(=O)c2cccc3c(NC(=O)CSc4ccc(C)cc4)ccc1c23. The van der Waals surface area contributed by atoms with Crippen molar-refractivity contribution in [1.29, 1.82) is 0 Å². The van der Waals surface area contributed by atoms with Gasteiger partial charge in [0.05, 0.1) is 11.4 Å². The van der Waals surface area contributed by atoms with Crippen LogP contribution in [0.25, 0.3) is 10.8 Å². The number of anilines is 2. The highest BCUT2D eigenvalue weighted by Gasteiger charge is 2.30. The van der Waals surface area contributed by atoms with E-state index in [2.05, 4.69) is 12.2 Å². The van der Waals surface area contributed by atoms with Gasteiger partial charge >= 0.3 is 0 Å². The molecule has 1 heterocycles. The zero-order chi connectivity index (χ0) is 20.4. The molecule has 4 rings (SSSR count). The summed E-state index contributed by atoms with van der Waals surface area (Å²) in [5, 5.41) is 4.89. The number of nitrogens with zero attached hydrogens (tertiary/aromatic N) is 1. The minimum Gasteiger partial charge on any atom is -0.325 e. The van der Waals surface area contributed by atoms with E-state index in [0.29, 0.717) is 5.75 Å². The van der Waals surface area contributed by atoms with E-state index in [9.17, 15) is 9.59 Å². The average molecular weight is 405 g/mol. The number of rotatable bonds is 7. The summed E-state index contributed by atoms with van der Waals surface area (Å²) in [6.07, 6.45) is 2.01. The zero-order valence-electron chi connectivity index (χ0n) is 16.7. The number of carbonyl (C=O) groups is 2. The fourth-order valence-electron chi connectivity index (χ4n) is 3.66. The largest absolute Gasteiger partial charge is 0.325 e. The molecule has 3 aromatic rings. The molecule has 0 bridgehead atoms. The molecule has 2 amide bonds. The third-order valence-electron chi connectivity index (χ3n) is 5.19. The summed E-state index contributed by atoms with van der Waals surface area (Å²) >= 11 is 1.52. The molecule has 0 spiro atoms. The van der Waals surface area contributed by atoms with Gasteiger partial charge < -0.3 is 10.2 Å². The molecular formula is C24H24N2O2S. The van der Waals surface area contributed by atoms with Gasteiger partial charge in [-0.2, -0.15) is 0 Å². The van der Waals surface area contributed by atoms with Crippen LogP contribution in [0.15, 0.2) is 59.5 Å². The molecule has 0 atom stereocenters. The number of carbonyl (C=O) groups excluding carboxylic acids is 2. The van der Waals surface area contributed by atoms with Crippen molar-refractivity contribution < 1.29 is 9.59 Å². The molecule has 0 unspecified atom stereocenters. The summed E-state index contributed by atoms with van der Waals surface area (Å²) in [6, 6.07) is 17.8. The molecular weight excluding hydrogens is 380 g/mol. The van der Waals surface area contributed by atoms with E-state index in [0.717, 1.165) is 52.0 Å². The van der Waals surface area contributed by atoms with Crippen molar-refractivity contribution in [3.63, 3.8) is 0 Å². The Balaban J connectivity index is 1.55. The normalized spacial score (nSPS) is 12.6. The Hall–Kier alpha value is -2.79. The Bertz CT molecular complexity index is 1080. The van der Waals surface area contributed by atoms with Crippen molar-refractivity contribution in [3.05, 3.63) is 65.7 Å². The molecule has 29 heavy (non-hydrogen) atoms. The summed E-state index contributed by atoms with van der Waals surface area (Å²) in [7, 11) is 0. The van der Waals surface area contributed by atoms with E-state index in [1.807, 2.05) is 66.4 Å². The van der Waals surface area contributed by atoms with Crippen molar-refractivity contribution in [2.45, 2.75) is 31.6 Å². The van der Waals surface area contributed by atoms with Crippen molar-refractivity contribution in [3.8, 4) is 0 Å². The quantitative estimate of drug-likeness (QED) is 0.519. The number of hydrogen-bond acceptors (Lipinski definition) is 3. The summed E-state index contributed by atoms with van der Waals surface area (Å²) in [4.78, 5) is 28.3. The molecule has 0 fully saturated rings. The molecule has 5 heteroatoms. The van der Waals surface area contributed by atoms with Crippen molar-refractivity contribution in [2.24, 2.45) is 0 Å². The van der Waals surface area contributed by atoms with Gasteiger partial charge in [-0.25, -0.2) is 0 Å². The molecule has 3 aromatic carbocycles. The summed E-state index contributed by atoms with van der Waals surface area (Å²) < 4.78 is 0. The number of hydrogen-bond donors (Lipinski definition) is 1. The summed E-state index contributed by atoms with van der Waals surface area (Å²) in [6.45, 7) is 4.89. The fourth-order valence-corrected chi connectivity index (χ4v) is 4.36. The van der Waals surface area contributed by atoms with Crippen molar-refractivity contribution in [2.75, 3.05) is 22.5 Å². The van der Waals surface area contributed by atoms with Crippen LogP contribution in [0, 0.1) is 6.92 Å². The molecule has 0 saturated heterocycles. The third kappa shape index (κ3) is 3.87. The lowest BCUT2D eigenvalue weighted by Crippen LogP contribution is -2.27. The van der Waals surface area contributed by atoms with E-state index in [1.165, 1.54) is 17.3 Å². The standard InChI is InChI=1S/C24H24N2O2S/c1-3-4-14-26-21-13-12-20(18-6-5-7-19(23(18)21)24(26)28)25-22(27)15-29-17-10-8-16(2)9-11-17/h5-13H,3-4,14-15H2,1-2H3,(H,25,27). The van der Waals surface area contributed by atoms with Crippen LogP contribution in [0.2, 0.25) is 0 Å². The van der Waals surface area contributed by atoms with E-state index in [1.54, 1.807) is 0 Å². The highest BCUT2D eigenvalue weighted by atomic mass is 32.2. The van der Waals surface area contributed by atoms with E-state index >= 15 is 0 Å². The number of aryl methyl sites for hydroxylation is 1. The molecule has 0 saturated carbocycles. The van der Waals surface area contributed by atoms with E-state index in [4.69, 9.17) is 0 Å². The van der Waals surface area contributed by atoms with Crippen LogP contribution < -0.4 is 10.2 Å². The van der Waals surface area contributed by atoms with Crippen LogP contribution in [0.4, 0.5) is 11.4 Å². The van der Waals surface area contributed by atoms with Crippen LogP contribution in [-0.2, 0) is 4.79 Å². The first-order valence-electron chi connectivity index (χ1n) is 9.95. The van der Waals surface area contributed by atoms with Gasteiger partial charge in [0.1, 0.15) is 0 Å². The molecule has 0 radical (unpaired) electrons. The maximum Gasteiger partial charge on any atom is 0.258 e. The van der Waals surface area contributed by atoms with Gasteiger partial charge in [-0.3, -0.25) is 9.59 Å². The van der Waals surface area contributed by atoms with Crippen LogP contribution in [0.5, 0.6) is 0 Å². The molecule has 1 aliphatic rings. The Morgan fingerprint density at radius 2 is 1.86 bits per heavy atom. The predicted octanol–water partition coefficient (Wildman–Crippen LogP) is 5.64. The molecule has 1 aliphatic heterocycles. The first-order chi connectivity index (χ1) is 14.1. The van der Waals surface area contributed by atoms with Gasteiger partial charge in [0.15, 0.2) is 0 Å². The number of benzene rings is 3. The van der Waals surface area contributed by atoms with Crippen LogP contribution in [-0.4, -0.2) is 24.1 Å². The maximum atomic E-state index is 12.8. The lowest BCUT2D eigenvalue weighted by molar-refractivity contribution is -0.113. The first kappa shape index (κ1) is 19.5. The molecule has 4 nitrogen and oxygen atoms in total. The number of amides is 2. The first-order valence-corrected chi connectivity index (χ1v) is 10.9. The highest BCUT2D eigenvalue weighted by molar-refractivity contribution is 8.00. The molecule has 0 aromatic heterocycles. The summed E-state index contributed by atoms with van der Waals surface area (Å²) in [5.41, 5.74) is 3.62. The smallest absolute Gasteiger partial charge is 0.258 e.